The molecule has 94 valence electrons. The van der Waals surface area contributed by atoms with E-state index in [0.717, 1.165) is 24.6 Å². The molecule has 1 fully saturated rings. The Morgan fingerprint density at radius 1 is 1.35 bits per heavy atom. The number of hydrogen-bond acceptors (Lipinski definition) is 2. The summed E-state index contributed by atoms with van der Waals surface area (Å²) in [5.74, 6) is 2.41. The van der Waals surface area contributed by atoms with Crippen LogP contribution in [0.5, 0.6) is 5.75 Å². The summed E-state index contributed by atoms with van der Waals surface area (Å²) >= 11 is 0. The molecule has 0 heterocycles. The molecule has 1 aliphatic rings. The van der Waals surface area contributed by atoms with Gasteiger partial charge < -0.3 is 10.5 Å². The Balaban J connectivity index is 2.18. The van der Waals surface area contributed by atoms with Gasteiger partial charge >= 0.3 is 0 Å². The number of rotatable bonds is 5. The van der Waals surface area contributed by atoms with Crippen LogP contribution in [0.4, 0.5) is 0 Å². The average molecular weight is 233 g/mol. The van der Waals surface area contributed by atoms with Gasteiger partial charge in [-0.1, -0.05) is 25.0 Å². The topological polar surface area (TPSA) is 35.2 Å². The molecule has 1 saturated carbocycles. The number of nitrogens with two attached hydrogens (primary N) is 1. The van der Waals surface area contributed by atoms with E-state index in [2.05, 4.69) is 18.2 Å². The number of benzene rings is 1. The van der Waals surface area contributed by atoms with Gasteiger partial charge in [-0.3, -0.25) is 0 Å². The number of methoxy groups -OCH3 is 1. The molecular weight excluding hydrogens is 210 g/mol. The lowest BCUT2D eigenvalue weighted by atomic mass is 9.82. The standard InChI is InChI=1S/C15H23NO/c1-17-14-8-4-7-13(11-14)15(9-10-16)12-5-2-3-6-12/h4,7-8,11-12,15H,2-3,5-6,9-10,16H2,1H3. The molecule has 1 unspecified atom stereocenters. The monoisotopic (exact) mass is 233 g/mol. The van der Waals surface area contributed by atoms with E-state index in [1.807, 2.05) is 6.07 Å². The van der Waals surface area contributed by atoms with Crippen LogP contribution in [0.25, 0.3) is 0 Å². The zero-order valence-corrected chi connectivity index (χ0v) is 10.7. The van der Waals surface area contributed by atoms with E-state index >= 15 is 0 Å². The zero-order valence-electron chi connectivity index (χ0n) is 10.7. The largest absolute Gasteiger partial charge is 0.497 e. The molecule has 0 aliphatic heterocycles. The van der Waals surface area contributed by atoms with Gasteiger partial charge in [0, 0.05) is 0 Å². The van der Waals surface area contributed by atoms with Gasteiger partial charge in [0.2, 0.25) is 0 Å². The normalized spacial score (nSPS) is 18.2. The van der Waals surface area contributed by atoms with Crippen molar-refractivity contribution in [1.29, 1.82) is 0 Å². The second kappa shape index (κ2) is 6.06. The Morgan fingerprint density at radius 2 is 2.12 bits per heavy atom. The van der Waals surface area contributed by atoms with E-state index in [9.17, 15) is 0 Å². The van der Waals surface area contributed by atoms with E-state index in [1.165, 1.54) is 31.2 Å². The van der Waals surface area contributed by atoms with E-state index < -0.39 is 0 Å². The summed E-state index contributed by atoms with van der Waals surface area (Å²) in [4.78, 5) is 0. The second-order valence-electron chi connectivity index (χ2n) is 5.00. The molecule has 0 amide bonds. The third kappa shape index (κ3) is 3.01. The van der Waals surface area contributed by atoms with E-state index in [-0.39, 0.29) is 0 Å². The first-order chi connectivity index (χ1) is 8.35. The Morgan fingerprint density at radius 3 is 2.76 bits per heavy atom. The van der Waals surface area contributed by atoms with Gasteiger partial charge in [-0.2, -0.15) is 0 Å². The fourth-order valence-electron chi connectivity index (χ4n) is 3.09. The highest BCUT2D eigenvalue weighted by atomic mass is 16.5. The zero-order chi connectivity index (χ0) is 12.1. The fourth-order valence-corrected chi connectivity index (χ4v) is 3.09. The van der Waals surface area contributed by atoms with Crippen LogP contribution in [-0.4, -0.2) is 13.7 Å². The molecule has 2 N–H and O–H groups in total. The van der Waals surface area contributed by atoms with Crippen molar-refractivity contribution in [2.75, 3.05) is 13.7 Å². The second-order valence-corrected chi connectivity index (χ2v) is 5.00. The van der Waals surface area contributed by atoms with Gasteiger partial charge in [0.15, 0.2) is 0 Å². The average Bonchev–Trinajstić information content (AvgIpc) is 2.89. The van der Waals surface area contributed by atoms with E-state index in [1.54, 1.807) is 7.11 Å². The third-order valence-electron chi connectivity index (χ3n) is 3.97. The molecule has 0 aromatic heterocycles. The maximum atomic E-state index is 5.77. The maximum absolute atomic E-state index is 5.77. The maximum Gasteiger partial charge on any atom is 0.119 e. The summed E-state index contributed by atoms with van der Waals surface area (Å²) in [7, 11) is 1.73. The highest BCUT2D eigenvalue weighted by Gasteiger charge is 2.25. The molecule has 0 spiro atoms. The van der Waals surface area contributed by atoms with Crippen LogP contribution in [0.1, 0.15) is 43.6 Å². The van der Waals surface area contributed by atoms with Gasteiger partial charge in [0.25, 0.3) is 0 Å². The summed E-state index contributed by atoms with van der Waals surface area (Å²) in [5.41, 5.74) is 7.18. The van der Waals surface area contributed by atoms with Crippen molar-refractivity contribution < 1.29 is 4.74 Å². The Bertz CT molecular complexity index is 345. The molecule has 1 aliphatic carbocycles. The summed E-state index contributed by atoms with van der Waals surface area (Å²) < 4.78 is 5.31. The minimum Gasteiger partial charge on any atom is -0.497 e. The van der Waals surface area contributed by atoms with Crippen LogP contribution in [0, 0.1) is 5.92 Å². The van der Waals surface area contributed by atoms with Gasteiger partial charge in [0.05, 0.1) is 7.11 Å². The molecule has 17 heavy (non-hydrogen) atoms. The van der Waals surface area contributed by atoms with Crippen LogP contribution >= 0.6 is 0 Å². The van der Waals surface area contributed by atoms with Crippen molar-refractivity contribution in [2.45, 2.75) is 38.0 Å². The van der Waals surface area contributed by atoms with Crippen molar-refractivity contribution in [3.05, 3.63) is 29.8 Å². The van der Waals surface area contributed by atoms with Crippen molar-refractivity contribution in [1.82, 2.24) is 0 Å². The highest BCUT2D eigenvalue weighted by Crippen LogP contribution is 2.39. The van der Waals surface area contributed by atoms with Crippen LogP contribution in [-0.2, 0) is 0 Å². The van der Waals surface area contributed by atoms with Gasteiger partial charge in [-0.05, 0) is 55.3 Å². The van der Waals surface area contributed by atoms with Crippen LogP contribution < -0.4 is 10.5 Å². The summed E-state index contributed by atoms with van der Waals surface area (Å²) in [6.45, 7) is 0.776. The minimum atomic E-state index is 0.623. The number of ether oxygens (including phenoxy) is 1. The lowest BCUT2D eigenvalue weighted by molar-refractivity contribution is 0.401. The van der Waals surface area contributed by atoms with Crippen molar-refractivity contribution in [3.8, 4) is 5.75 Å². The Kier molecular flexibility index (Phi) is 4.43. The van der Waals surface area contributed by atoms with E-state index in [4.69, 9.17) is 10.5 Å². The molecule has 2 nitrogen and oxygen atoms in total. The number of hydrogen-bond donors (Lipinski definition) is 1. The van der Waals surface area contributed by atoms with Crippen molar-refractivity contribution >= 4 is 0 Å². The minimum absolute atomic E-state index is 0.623. The molecule has 2 rings (SSSR count). The predicted octanol–water partition coefficient (Wildman–Crippen LogP) is 3.32. The predicted molar refractivity (Wildman–Crippen MR) is 71.4 cm³/mol. The first-order valence-corrected chi connectivity index (χ1v) is 6.69. The van der Waals surface area contributed by atoms with Crippen LogP contribution in [0.15, 0.2) is 24.3 Å². The van der Waals surface area contributed by atoms with Crippen LogP contribution in [0.2, 0.25) is 0 Å². The van der Waals surface area contributed by atoms with Gasteiger partial charge in [-0.15, -0.1) is 0 Å². The summed E-state index contributed by atoms with van der Waals surface area (Å²) in [5, 5.41) is 0. The summed E-state index contributed by atoms with van der Waals surface area (Å²) in [6.07, 6.45) is 6.59. The van der Waals surface area contributed by atoms with E-state index in [0.29, 0.717) is 5.92 Å². The highest BCUT2D eigenvalue weighted by molar-refractivity contribution is 5.31. The molecule has 2 heteroatoms. The Hall–Kier alpha value is -1.02. The fraction of sp³-hybridized carbons (Fsp3) is 0.600. The molecule has 0 radical (unpaired) electrons. The molecule has 1 aromatic rings. The van der Waals surface area contributed by atoms with Crippen LogP contribution in [0.3, 0.4) is 0 Å². The third-order valence-corrected chi connectivity index (χ3v) is 3.97. The lowest BCUT2D eigenvalue weighted by Crippen LogP contribution is -2.14. The molecule has 1 atom stereocenters. The smallest absolute Gasteiger partial charge is 0.119 e. The first-order valence-electron chi connectivity index (χ1n) is 6.69. The molecule has 0 bridgehead atoms. The Labute approximate surface area is 104 Å². The first kappa shape index (κ1) is 12.4. The SMILES string of the molecule is COc1cccc(C(CCN)C2CCCC2)c1. The van der Waals surface area contributed by atoms with Crippen molar-refractivity contribution in [3.63, 3.8) is 0 Å². The molecular formula is C15H23NO. The molecule has 0 saturated heterocycles. The lowest BCUT2D eigenvalue weighted by Gasteiger charge is -2.23. The van der Waals surface area contributed by atoms with Gasteiger partial charge in [0.1, 0.15) is 5.75 Å². The quantitative estimate of drug-likeness (QED) is 0.846. The van der Waals surface area contributed by atoms with Gasteiger partial charge in [-0.25, -0.2) is 0 Å². The van der Waals surface area contributed by atoms with Crippen molar-refractivity contribution in [2.24, 2.45) is 11.7 Å². The molecule has 1 aromatic carbocycles. The summed E-state index contributed by atoms with van der Waals surface area (Å²) in [6, 6.07) is 8.50.